The van der Waals surface area contributed by atoms with Crippen LogP contribution in [0.4, 0.5) is 5.82 Å². The Bertz CT molecular complexity index is 813. The van der Waals surface area contributed by atoms with Crippen LogP contribution in [0.2, 0.25) is 0 Å². The maximum atomic E-state index is 12.5. The highest BCUT2D eigenvalue weighted by Gasteiger charge is 2.40. The number of carboxylic acid groups (broad SMARTS) is 1. The Morgan fingerprint density at radius 3 is 2.52 bits per heavy atom. The molecular weight excluding hydrogens is 348 g/mol. The van der Waals surface area contributed by atoms with Crippen molar-refractivity contribution in [3.8, 4) is 0 Å². The second kappa shape index (κ2) is 8.31. The number of nitrogens with one attached hydrogen (secondary N) is 2. The molecule has 8 nitrogen and oxygen atoms in total. The van der Waals surface area contributed by atoms with Crippen LogP contribution in [-0.4, -0.2) is 57.9 Å². The maximum absolute atomic E-state index is 12.5. The lowest BCUT2D eigenvalue weighted by molar-refractivity contribution is -0.147. The minimum Gasteiger partial charge on any atom is -0.480 e. The molecule has 0 radical (unpaired) electrons. The van der Waals surface area contributed by atoms with Crippen molar-refractivity contribution >= 4 is 23.6 Å². The van der Waals surface area contributed by atoms with Gasteiger partial charge in [-0.3, -0.25) is 9.59 Å². The van der Waals surface area contributed by atoms with Gasteiger partial charge in [0.1, 0.15) is 11.9 Å². The highest BCUT2D eigenvalue weighted by molar-refractivity contribution is 5.94. The highest BCUT2D eigenvalue weighted by Crippen LogP contribution is 2.19. The minimum atomic E-state index is -1.09. The number of benzene rings is 1. The number of hydrogen-bond acceptors (Lipinski definition) is 5. The Kier molecular flexibility index (Phi) is 5.65. The molecule has 1 aromatic carbocycles. The molecule has 0 unspecified atom stereocenters. The number of pyridine rings is 1. The van der Waals surface area contributed by atoms with Gasteiger partial charge in [0.15, 0.2) is 0 Å². The molecule has 0 bridgehead atoms. The van der Waals surface area contributed by atoms with Crippen LogP contribution < -0.4 is 10.6 Å². The highest BCUT2D eigenvalue weighted by atomic mass is 16.4. The van der Waals surface area contributed by atoms with Gasteiger partial charge >= 0.3 is 5.97 Å². The van der Waals surface area contributed by atoms with Crippen molar-refractivity contribution < 1.29 is 19.5 Å². The van der Waals surface area contributed by atoms with Crippen molar-refractivity contribution in [1.29, 1.82) is 0 Å². The van der Waals surface area contributed by atoms with Crippen LogP contribution in [0.25, 0.3) is 0 Å². The third kappa shape index (κ3) is 4.60. The molecule has 0 aliphatic carbocycles. The van der Waals surface area contributed by atoms with E-state index in [1.54, 1.807) is 48.7 Å². The van der Waals surface area contributed by atoms with E-state index < -0.39 is 18.1 Å². The smallest absolute Gasteiger partial charge is 0.326 e. The number of carbonyl (C=O) groups excluding carboxylic acids is 2. The molecule has 1 aromatic heterocycles. The largest absolute Gasteiger partial charge is 0.480 e. The summed E-state index contributed by atoms with van der Waals surface area (Å²) in [6.07, 6.45) is 1.76. The van der Waals surface area contributed by atoms with Crippen LogP contribution in [0, 0.1) is 0 Å². The van der Waals surface area contributed by atoms with Gasteiger partial charge in [0.05, 0.1) is 6.54 Å². The predicted molar refractivity (Wildman–Crippen MR) is 98.2 cm³/mol. The molecule has 3 N–H and O–H groups in total. The second-order valence-electron chi connectivity index (χ2n) is 6.24. The summed E-state index contributed by atoms with van der Waals surface area (Å²) >= 11 is 0. The Labute approximate surface area is 156 Å². The van der Waals surface area contributed by atoms with Crippen LogP contribution >= 0.6 is 0 Å². The van der Waals surface area contributed by atoms with Crippen molar-refractivity contribution in [2.75, 3.05) is 18.4 Å². The number of hydrogen-bond donors (Lipinski definition) is 3. The van der Waals surface area contributed by atoms with Crippen LogP contribution in [0.1, 0.15) is 16.8 Å². The van der Waals surface area contributed by atoms with E-state index in [1.807, 2.05) is 6.07 Å². The number of likely N-dealkylation sites (tertiary alicyclic amines) is 1. The molecule has 1 fully saturated rings. The summed E-state index contributed by atoms with van der Waals surface area (Å²) in [5.74, 6) is -1.20. The number of anilines is 1. The van der Waals surface area contributed by atoms with E-state index in [2.05, 4.69) is 15.6 Å². The minimum absolute atomic E-state index is 0.0693. The summed E-state index contributed by atoms with van der Waals surface area (Å²) in [4.78, 5) is 41.7. The first kappa shape index (κ1) is 18.4. The number of rotatable bonds is 6. The van der Waals surface area contributed by atoms with Gasteiger partial charge in [-0.15, -0.1) is 0 Å². The fraction of sp³-hybridized carbons (Fsp3) is 0.263. The zero-order valence-corrected chi connectivity index (χ0v) is 14.5. The summed E-state index contributed by atoms with van der Waals surface area (Å²) in [6.45, 7) is 0.0818. The molecule has 0 spiro atoms. The van der Waals surface area contributed by atoms with Crippen molar-refractivity contribution in [2.45, 2.75) is 18.5 Å². The van der Waals surface area contributed by atoms with Crippen LogP contribution in [0.15, 0.2) is 54.7 Å². The van der Waals surface area contributed by atoms with Gasteiger partial charge in [-0.2, -0.15) is 0 Å². The maximum Gasteiger partial charge on any atom is 0.326 e. The molecule has 2 atom stereocenters. The number of nitrogens with zero attached hydrogens (tertiary/aromatic N) is 2. The number of carboxylic acids is 1. The molecule has 1 aliphatic heterocycles. The quantitative estimate of drug-likeness (QED) is 0.701. The Morgan fingerprint density at radius 1 is 1.11 bits per heavy atom. The lowest BCUT2D eigenvalue weighted by Crippen LogP contribution is -2.44. The van der Waals surface area contributed by atoms with Gasteiger partial charge in [-0.05, 0) is 24.3 Å². The summed E-state index contributed by atoms with van der Waals surface area (Å²) in [7, 11) is 0. The molecule has 1 saturated heterocycles. The summed E-state index contributed by atoms with van der Waals surface area (Å²) < 4.78 is 0. The number of aliphatic carboxylic acids is 1. The Hall–Kier alpha value is -3.42. The molecule has 8 heteroatoms. The lowest BCUT2D eigenvalue weighted by Gasteiger charge is -2.21. The summed E-state index contributed by atoms with van der Waals surface area (Å²) in [5.41, 5.74) is 0.492. The van der Waals surface area contributed by atoms with Crippen molar-refractivity contribution in [2.24, 2.45) is 0 Å². The van der Waals surface area contributed by atoms with Gasteiger partial charge in [-0.1, -0.05) is 24.3 Å². The van der Waals surface area contributed by atoms with Gasteiger partial charge in [0.25, 0.3) is 5.91 Å². The van der Waals surface area contributed by atoms with E-state index in [0.29, 0.717) is 11.4 Å². The second-order valence-corrected chi connectivity index (χ2v) is 6.24. The molecule has 0 saturated carbocycles. The van der Waals surface area contributed by atoms with Crippen LogP contribution in [0.3, 0.4) is 0 Å². The number of amides is 2. The number of aromatic nitrogens is 1. The first-order valence-electron chi connectivity index (χ1n) is 8.57. The molecule has 27 heavy (non-hydrogen) atoms. The number of carbonyl (C=O) groups is 3. The lowest BCUT2D eigenvalue weighted by atomic mass is 10.1. The van der Waals surface area contributed by atoms with E-state index in [4.69, 9.17) is 0 Å². The monoisotopic (exact) mass is 368 g/mol. The summed E-state index contributed by atoms with van der Waals surface area (Å²) in [6, 6.07) is 12.5. The molecule has 2 amide bonds. The molecule has 140 valence electrons. The van der Waals surface area contributed by atoms with Crippen molar-refractivity contribution in [3.63, 3.8) is 0 Å². The molecule has 2 heterocycles. The normalized spacial score (nSPS) is 18.7. The molecule has 2 aromatic rings. The van der Waals surface area contributed by atoms with Crippen molar-refractivity contribution in [3.05, 3.63) is 60.3 Å². The fourth-order valence-corrected chi connectivity index (χ4v) is 3.04. The zero-order valence-electron chi connectivity index (χ0n) is 14.5. The zero-order chi connectivity index (χ0) is 19.2. The van der Waals surface area contributed by atoms with Crippen LogP contribution in [-0.2, 0) is 9.59 Å². The first-order chi connectivity index (χ1) is 13.0. The SMILES string of the molecule is O=C(N[C@@H]1C[C@@H](C(=O)O)N(C(=O)CNc2ccccn2)C1)c1ccccc1. The van der Waals surface area contributed by atoms with E-state index in [1.165, 1.54) is 4.90 Å². The van der Waals surface area contributed by atoms with Crippen molar-refractivity contribution in [1.82, 2.24) is 15.2 Å². The molecule has 3 rings (SSSR count). The molecular formula is C19H20N4O4. The third-order valence-corrected chi connectivity index (χ3v) is 4.36. The average molecular weight is 368 g/mol. The van der Waals surface area contributed by atoms with Gasteiger partial charge in [0.2, 0.25) is 5.91 Å². The van der Waals surface area contributed by atoms with Gasteiger partial charge in [-0.25, -0.2) is 9.78 Å². The average Bonchev–Trinajstić information content (AvgIpc) is 3.12. The standard InChI is InChI=1S/C19H20N4O4/c24-17(11-21-16-8-4-5-9-20-16)23-12-14(10-15(23)19(26)27)22-18(25)13-6-2-1-3-7-13/h1-9,14-15H,10-12H2,(H,20,21)(H,22,25)(H,26,27)/t14-,15+/m1/s1. The predicted octanol–water partition coefficient (Wildman–Crippen LogP) is 0.978. The van der Waals surface area contributed by atoms with E-state index in [0.717, 1.165) is 0 Å². The first-order valence-corrected chi connectivity index (χ1v) is 8.57. The van der Waals surface area contributed by atoms with Gasteiger partial charge < -0.3 is 20.6 Å². The summed E-state index contributed by atoms with van der Waals surface area (Å²) in [5, 5.41) is 15.1. The van der Waals surface area contributed by atoms with E-state index in [9.17, 15) is 19.5 Å². The van der Waals surface area contributed by atoms with Gasteiger partial charge in [0, 0.05) is 30.8 Å². The van der Waals surface area contributed by atoms with E-state index >= 15 is 0 Å². The van der Waals surface area contributed by atoms with E-state index in [-0.39, 0.29) is 31.3 Å². The molecule has 1 aliphatic rings. The Balaban J connectivity index is 1.61. The fourth-order valence-electron chi connectivity index (χ4n) is 3.04. The third-order valence-electron chi connectivity index (χ3n) is 4.36. The van der Waals surface area contributed by atoms with Crippen LogP contribution in [0.5, 0.6) is 0 Å². The topological polar surface area (TPSA) is 112 Å². The Morgan fingerprint density at radius 2 is 1.85 bits per heavy atom.